The topological polar surface area (TPSA) is 88.2 Å². The minimum atomic E-state index is -3.32. The molecular weight excluding hydrogens is 349 g/mol. The number of rotatable bonds is 3. The summed E-state index contributed by atoms with van der Waals surface area (Å²) in [5, 5.41) is 5.99. The van der Waals surface area contributed by atoms with Gasteiger partial charge in [0.05, 0.1) is 17.4 Å². The lowest BCUT2D eigenvalue weighted by atomic mass is 9.90. The lowest BCUT2D eigenvalue weighted by Gasteiger charge is -2.33. The van der Waals surface area contributed by atoms with Crippen molar-refractivity contribution >= 4 is 46.2 Å². The Morgan fingerprint density at radius 1 is 1.32 bits per heavy atom. The maximum Gasteiger partial charge on any atom is 0.244 e. The number of nitrogens with zero attached hydrogens (tertiary/aromatic N) is 1. The number of pyridine rings is 1. The molecule has 1 saturated heterocycles. The maximum atomic E-state index is 12.3. The summed E-state index contributed by atoms with van der Waals surface area (Å²) < 4.78 is 22.6. The van der Waals surface area contributed by atoms with Crippen LogP contribution in [0.25, 0.3) is 0 Å². The average molecular weight is 370 g/mol. The van der Waals surface area contributed by atoms with E-state index in [4.69, 9.17) is 0 Å². The van der Waals surface area contributed by atoms with Crippen LogP contribution in [-0.2, 0) is 14.6 Å². The second kappa shape index (κ2) is 8.10. The quantitative estimate of drug-likeness (QED) is 0.847. The van der Waals surface area contributed by atoms with Crippen molar-refractivity contribution in [3.63, 3.8) is 0 Å². The van der Waals surface area contributed by atoms with Gasteiger partial charge >= 0.3 is 0 Å². The number of piperidine rings is 1. The van der Waals surface area contributed by atoms with E-state index in [0.717, 1.165) is 32.1 Å². The molecule has 1 aromatic rings. The fourth-order valence-corrected chi connectivity index (χ4v) is 2.75. The molecule has 0 spiro atoms. The van der Waals surface area contributed by atoms with Crippen LogP contribution in [0.15, 0.2) is 23.4 Å². The Labute approximate surface area is 143 Å². The molecule has 126 valence electrons. The van der Waals surface area contributed by atoms with E-state index in [0.29, 0.717) is 5.69 Å². The zero-order chi connectivity index (χ0) is 14.8. The summed E-state index contributed by atoms with van der Waals surface area (Å²) in [6.07, 6.45) is 5.34. The monoisotopic (exact) mass is 369 g/mol. The molecule has 0 bridgehead atoms. The van der Waals surface area contributed by atoms with E-state index in [1.165, 1.54) is 12.3 Å². The third-order valence-electron chi connectivity index (χ3n) is 3.49. The predicted octanol–water partition coefficient (Wildman–Crippen LogP) is 1.80. The molecule has 2 rings (SSSR count). The Bertz CT molecular complexity index is 599. The molecule has 2 heterocycles. The fraction of sp³-hybridized carbons (Fsp3) is 0.538. The van der Waals surface area contributed by atoms with Gasteiger partial charge in [-0.2, -0.15) is 0 Å². The molecule has 6 nitrogen and oxygen atoms in total. The van der Waals surface area contributed by atoms with Crippen LogP contribution < -0.4 is 10.6 Å². The normalized spacial score (nSPS) is 21.2. The third kappa shape index (κ3) is 5.08. The van der Waals surface area contributed by atoms with Crippen LogP contribution in [0.5, 0.6) is 0 Å². The molecule has 1 aliphatic rings. The number of carbonyl (C=O) groups is 1. The molecule has 1 atom stereocenters. The first-order chi connectivity index (χ1) is 9.31. The van der Waals surface area contributed by atoms with E-state index in [-0.39, 0.29) is 35.7 Å². The SMILES string of the molecule is CC1(C(=O)Nc2ccc(S(C)(=O)=O)nc2)CCCCN1.Cl.Cl. The van der Waals surface area contributed by atoms with E-state index in [1.807, 2.05) is 6.92 Å². The number of hydrogen-bond donors (Lipinski definition) is 2. The van der Waals surface area contributed by atoms with Gasteiger partial charge in [-0.3, -0.25) is 4.79 Å². The molecule has 1 unspecified atom stereocenters. The van der Waals surface area contributed by atoms with Crippen molar-refractivity contribution < 1.29 is 13.2 Å². The van der Waals surface area contributed by atoms with E-state index in [1.54, 1.807) is 6.07 Å². The Kier molecular flexibility index (Phi) is 7.77. The van der Waals surface area contributed by atoms with Crippen LogP contribution in [0.4, 0.5) is 5.69 Å². The summed E-state index contributed by atoms with van der Waals surface area (Å²) >= 11 is 0. The van der Waals surface area contributed by atoms with Crippen molar-refractivity contribution in [2.75, 3.05) is 18.1 Å². The standard InChI is InChI=1S/C13H19N3O3S.2ClH/c1-13(7-3-4-8-15-13)12(17)16-10-5-6-11(14-9-10)20(2,18)19;;/h5-6,9,15H,3-4,7-8H2,1-2H3,(H,16,17);2*1H. The number of sulfone groups is 1. The minimum Gasteiger partial charge on any atom is -0.323 e. The number of amides is 1. The summed E-state index contributed by atoms with van der Waals surface area (Å²) in [6, 6.07) is 2.94. The van der Waals surface area contributed by atoms with Crippen molar-refractivity contribution in [1.82, 2.24) is 10.3 Å². The summed E-state index contributed by atoms with van der Waals surface area (Å²) in [5.74, 6) is -0.119. The molecule has 1 fully saturated rings. The van der Waals surface area contributed by atoms with E-state index in [9.17, 15) is 13.2 Å². The second-order valence-electron chi connectivity index (χ2n) is 5.33. The molecule has 0 radical (unpaired) electrons. The third-order valence-corrected chi connectivity index (χ3v) is 4.50. The molecule has 1 aromatic heterocycles. The van der Waals surface area contributed by atoms with Crippen molar-refractivity contribution in [3.8, 4) is 0 Å². The van der Waals surface area contributed by atoms with Gasteiger partial charge in [-0.1, -0.05) is 0 Å². The second-order valence-corrected chi connectivity index (χ2v) is 7.29. The minimum absolute atomic E-state index is 0. The molecular formula is C13H21Cl2N3O3S. The molecule has 2 N–H and O–H groups in total. The number of aromatic nitrogens is 1. The molecule has 0 aliphatic carbocycles. The van der Waals surface area contributed by atoms with Crippen molar-refractivity contribution in [2.45, 2.75) is 36.8 Å². The Morgan fingerprint density at radius 3 is 2.45 bits per heavy atom. The maximum absolute atomic E-state index is 12.3. The molecule has 22 heavy (non-hydrogen) atoms. The first kappa shape index (κ1) is 21.1. The Hall–Kier alpha value is -0.890. The largest absolute Gasteiger partial charge is 0.323 e. The van der Waals surface area contributed by atoms with Crippen LogP contribution in [-0.4, -0.2) is 37.6 Å². The van der Waals surface area contributed by atoms with Gasteiger partial charge in [0.1, 0.15) is 0 Å². The highest BCUT2D eigenvalue weighted by Crippen LogP contribution is 2.21. The Morgan fingerprint density at radius 2 is 2.00 bits per heavy atom. The highest BCUT2D eigenvalue weighted by atomic mass is 35.5. The van der Waals surface area contributed by atoms with Crippen molar-refractivity contribution in [3.05, 3.63) is 18.3 Å². The number of anilines is 1. The zero-order valence-electron chi connectivity index (χ0n) is 12.5. The lowest BCUT2D eigenvalue weighted by Crippen LogP contribution is -2.54. The smallest absolute Gasteiger partial charge is 0.244 e. The van der Waals surface area contributed by atoms with Crippen LogP contribution in [0, 0.1) is 0 Å². The summed E-state index contributed by atoms with van der Waals surface area (Å²) in [4.78, 5) is 16.1. The highest BCUT2D eigenvalue weighted by molar-refractivity contribution is 7.90. The molecule has 1 aliphatic heterocycles. The van der Waals surface area contributed by atoms with Crippen LogP contribution in [0.3, 0.4) is 0 Å². The zero-order valence-corrected chi connectivity index (χ0v) is 14.9. The summed E-state index contributed by atoms with van der Waals surface area (Å²) in [7, 11) is -3.32. The highest BCUT2D eigenvalue weighted by Gasteiger charge is 2.34. The van der Waals surface area contributed by atoms with Gasteiger partial charge in [0, 0.05) is 6.26 Å². The summed E-state index contributed by atoms with van der Waals surface area (Å²) in [5.41, 5.74) is -0.0793. The predicted molar refractivity (Wildman–Crippen MR) is 90.7 cm³/mol. The van der Waals surface area contributed by atoms with Crippen LogP contribution in [0.1, 0.15) is 26.2 Å². The van der Waals surface area contributed by atoms with E-state index in [2.05, 4.69) is 15.6 Å². The lowest BCUT2D eigenvalue weighted by molar-refractivity contribution is -0.122. The summed E-state index contributed by atoms with van der Waals surface area (Å²) in [6.45, 7) is 2.70. The van der Waals surface area contributed by atoms with Crippen molar-refractivity contribution in [1.29, 1.82) is 0 Å². The van der Waals surface area contributed by atoms with E-state index >= 15 is 0 Å². The fourth-order valence-electron chi connectivity index (χ4n) is 2.19. The number of hydrogen-bond acceptors (Lipinski definition) is 5. The van der Waals surface area contributed by atoms with Gasteiger partial charge in [0.2, 0.25) is 5.91 Å². The van der Waals surface area contributed by atoms with Crippen LogP contribution in [0.2, 0.25) is 0 Å². The number of nitrogens with one attached hydrogen (secondary N) is 2. The Balaban J connectivity index is 0.00000220. The molecule has 9 heteroatoms. The first-order valence-electron chi connectivity index (χ1n) is 6.54. The van der Waals surface area contributed by atoms with Crippen molar-refractivity contribution in [2.24, 2.45) is 0 Å². The van der Waals surface area contributed by atoms with Gasteiger partial charge in [-0.15, -0.1) is 24.8 Å². The first-order valence-corrected chi connectivity index (χ1v) is 8.43. The van der Waals surface area contributed by atoms with Gasteiger partial charge < -0.3 is 10.6 Å². The van der Waals surface area contributed by atoms with Gasteiger partial charge in [0.15, 0.2) is 14.9 Å². The number of halogens is 2. The van der Waals surface area contributed by atoms with E-state index < -0.39 is 15.4 Å². The average Bonchev–Trinajstić information content (AvgIpc) is 2.39. The molecule has 0 aromatic carbocycles. The van der Waals surface area contributed by atoms with Gasteiger partial charge in [-0.25, -0.2) is 13.4 Å². The van der Waals surface area contributed by atoms with Crippen LogP contribution >= 0.6 is 24.8 Å². The number of carbonyl (C=O) groups excluding carboxylic acids is 1. The molecule has 0 saturated carbocycles. The molecule has 1 amide bonds. The van der Waals surface area contributed by atoms with Gasteiger partial charge in [-0.05, 0) is 44.9 Å². The van der Waals surface area contributed by atoms with Gasteiger partial charge in [0.25, 0.3) is 0 Å².